The van der Waals surface area contributed by atoms with Crippen molar-refractivity contribution in [1.29, 1.82) is 0 Å². The summed E-state index contributed by atoms with van der Waals surface area (Å²) in [5.41, 5.74) is 0.724. The summed E-state index contributed by atoms with van der Waals surface area (Å²) in [5.74, 6) is -1.07. The Balaban J connectivity index is 1.88. The Morgan fingerprint density at radius 2 is 1.83 bits per heavy atom. The summed E-state index contributed by atoms with van der Waals surface area (Å²) >= 11 is 5.79. The largest absolute Gasteiger partial charge is 0.433 e. The first-order valence-electron chi connectivity index (χ1n) is 6.83. The van der Waals surface area contributed by atoms with E-state index in [4.69, 9.17) is 11.6 Å². The lowest BCUT2D eigenvalue weighted by Gasteiger charge is -2.10. The van der Waals surface area contributed by atoms with Crippen LogP contribution in [0.25, 0.3) is 0 Å². The predicted octanol–water partition coefficient (Wildman–Crippen LogP) is 3.31. The number of benzene rings is 2. The van der Waals surface area contributed by atoms with Crippen LogP contribution >= 0.6 is 11.6 Å². The van der Waals surface area contributed by atoms with Gasteiger partial charge in [-0.05, 0) is 30.3 Å². The average Bonchev–Trinajstić information content (AvgIpc) is 2.55. The minimum absolute atomic E-state index is 0.0681. The summed E-state index contributed by atoms with van der Waals surface area (Å²) in [6.45, 7) is -3.24. The Labute approximate surface area is 141 Å². The number of nitrogens with one attached hydrogen (secondary N) is 2. The number of hydrogen-bond acceptors (Lipinski definition) is 3. The van der Waals surface area contributed by atoms with E-state index in [1.54, 1.807) is 30.3 Å². The van der Waals surface area contributed by atoms with Crippen molar-refractivity contribution in [2.45, 2.75) is 6.61 Å². The van der Waals surface area contributed by atoms with Crippen LogP contribution in [0.4, 0.5) is 14.5 Å². The fraction of sp³-hybridized carbons (Fsp3) is 0.125. The number of ether oxygens (including phenoxy) is 1. The highest BCUT2D eigenvalue weighted by Gasteiger charge is 2.11. The minimum atomic E-state index is -2.99. The van der Waals surface area contributed by atoms with Crippen LogP contribution in [0.15, 0.2) is 48.5 Å². The lowest BCUT2D eigenvalue weighted by Crippen LogP contribution is -2.32. The molecule has 0 atom stereocenters. The van der Waals surface area contributed by atoms with Crippen molar-refractivity contribution >= 4 is 29.1 Å². The van der Waals surface area contributed by atoms with Crippen LogP contribution in [0.3, 0.4) is 0 Å². The maximum absolute atomic E-state index is 12.1. The molecule has 24 heavy (non-hydrogen) atoms. The number of amides is 2. The molecule has 0 unspecified atom stereocenters. The van der Waals surface area contributed by atoms with Gasteiger partial charge in [-0.2, -0.15) is 8.78 Å². The van der Waals surface area contributed by atoms with E-state index >= 15 is 0 Å². The molecule has 0 saturated carbocycles. The van der Waals surface area contributed by atoms with Crippen molar-refractivity contribution in [3.05, 3.63) is 59.1 Å². The zero-order chi connectivity index (χ0) is 17.5. The first-order chi connectivity index (χ1) is 11.5. The van der Waals surface area contributed by atoms with Gasteiger partial charge >= 0.3 is 6.61 Å². The van der Waals surface area contributed by atoms with Gasteiger partial charge in [0.05, 0.1) is 11.6 Å². The Morgan fingerprint density at radius 1 is 1.12 bits per heavy atom. The summed E-state index contributed by atoms with van der Waals surface area (Å²) in [6.07, 6.45) is 0. The first kappa shape index (κ1) is 17.7. The van der Waals surface area contributed by atoms with Gasteiger partial charge in [-0.3, -0.25) is 9.59 Å². The standard InChI is InChI=1S/C16H13ClF2N2O3/c17-12-8-11(6-7-13(12)24-16(18)19)21-14(22)9-20-15(23)10-4-2-1-3-5-10/h1-8,16H,9H2,(H,20,23)(H,21,22). The second-order valence-corrected chi connectivity index (χ2v) is 5.03. The monoisotopic (exact) mass is 354 g/mol. The molecule has 0 aromatic heterocycles. The summed E-state index contributed by atoms with van der Waals surface area (Å²) in [4.78, 5) is 23.6. The highest BCUT2D eigenvalue weighted by atomic mass is 35.5. The van der Waals surface area contributed by atoms with E-state index in [1.165, 1.54) is 18.2 Å². The molecule has 0 aliphatic carbocycles. The van der Waals surface area contributed by atoms with Gasteiger partial charge in [0, 0.05) is 11.3 Å². The third-order valence-electron chi connectivity index (χ3n) is 2.88. The Bertz CT molecular complexity index is 727. The molecule has 2 aromatic carbocycles. The van der Waals surface area contributed by atoms with Crippen molar-refractivity contribution in [3.8, 4) is 5.75 Å². The van der Waals surface area contributed by atoms with E-state index in [0.29, 0.717) is 11.3 Å². The molecule has 2 N–H and O–H groups in total. The quantitative estimate of drug-likeness (QED) is 0.836. The minimum Gasteiger partial charge on any atom is -0.433 e. The number of carbonyl (C=O) groups excluding carboxylic acids is 2. The number of carbonyl (C=O) groups is 2. The maximum atomic E-state index is 12.1. The number of halogens is 3. The highest BCUT2D eigenvalue weighted by Crippen LogP contribution is 2.28. The zero-order valence-electron chi connectivity index (χ0n) is 12.3. The first-order valence-corrected chi connectivity index (χ1v) is 7.21. The van der Waals surface area contributed by atoms with Gasteiger partial charge in [-0.1, -0.05) is 29.8 Å². The van der Waals surface area contributed by atoms with E-state index in [1.807, 2.05) is 0 Å². The Kier molecular flexibility index (Phi) is 6.08. The van der Waals surface area contributed by atoms with Crippen molar-refractivity contribution in [2.75, 3.05) is 11.9 Å². The molecule has 2 aromatic rings. The zero-order valence-corrected chi connectivity index (χ0v) is 13.0. The number of anilines is 1. The van der Waals surface area contributed by atoms with Crippen molar-refractivity contribution < 1.29 is 23.1 Å². The summed E-state index contributed by atoms with van der Waals surface area (Å²) in [5, 5.41) is 4.88. The number of alkyl halides is 2. The van der Waals surface area contributed by atoms with Crippen LogP contribution in [-0.2, 0) is 4.79 Å². The van der Waals surface area contributed by atoms with Gasteiger partial charge < -0.3 is 15.4 Å². The third kappa shape index (κ3) is 5.20. The lowest BCUT2D eigenvalue weighted by molar-refractivity contribution is -0.115. The lowest BCUT2D eigenvalue weighted by atomic mass is 10.2. The summed E-state index contributed by atoms with van der Waals surface area (Å²) in [6, 6.07) is 12.3. The van der Waals surface area contributed by atoms with E-state index in [9.17, 15) is 18.4 Å². The molecule has 0 radical (unpaired) electrons. The van der Waals surface area contributed by atoms with E-state index in [2.05, 4.69) is 15.4 Å². The van der Waals surface area contributed by atoms with Crippen LogP contribution in [0.2, 0.25) is 5.02 Å². The second kappa shape index (κ2) is 8.26. The van der Waals surface area contributed by atoms with Crippen molar-refractivity contribution in [1.82, 2.24) is 5.32 Å². The third-order valence-corrected chi connectivity index (χ3v) is 3.17. The van der Waals surface area contributed by atoms with Crippen LogP contribution < -0.4 is 15.4 Å². The van der Waals surface area contributed by atoms with Crippen LogP contribution in [0.1, 0.15) is 10.4 Å². The number of hydrogen-bond donors (Lipinski definition) is 2. The van der Waals surface area contributed by atoms with E-state index < -0.39 is 12.5 Å². The number of rotatable bonds is 6. The molecule has 126 valence electrons. The van der Waals surface area contributed by atoms with Crippen molar-refractivity contribution in [3.63, 3.8) is 0 Å². The molecule has 0 aliphatic heterocycles. The normalized spacial score (nSPS) is 10.3. The fourth-order valence-corrected chi connectivity index (χ4v) is 2.05. The predicted molar refractivity (Wildman–Crippen MR) is 85.5 cm³/mol. The molecule has 5 nitrogen and oxygen atoms in total. The molecule has 0 heterocycles. The fourth-order valence-electron chi connectivity index (χ4n) is 1.83. The van der Waals surface area contributed by atoms with Gasteiger partial charge in [-0.15, -0.1) is 0 Å². The van der Waals surface area contributed by atoms with Gasteiger partial charge in [-0.25, -0.2) is 0 Å². The maximum Gasteiger partial charge on any atom is 0.387 e. The highest BCUT2D eigenvalue weighted by molar-refractivity contribution is 6.32. The van der Waals surface area contributed by atoms with Crippen LogP contribution in [0, 0.1) is 0 Å². The Morgan fingerprint density at radius 3 is 2.46 bits per heavy atom. The molecular formula is C16H13ClF2N2O3. The van der Waals surface area contributed by atoms with Gasteiger partial charge in [0.15, 0.2) is 0 Å². The second-order valence-electron chi connectivity index (χ2n) is 4.62. The Hall–Kier alpha value is -2.67. The van der Waals surface area contributed by atoms with Crippen LogP contribution in [0.5, 0.6) is 5.75 Å². The smallest absolute Gasteiger partial charge is 0.387 e. The molecule has 0 saturated heterocycles. The summed E-state index contributed by atoms with van der Waals surface area (Å²) < 4.78 is 28.5. The van der Waals surface area contributed by atoms with Gasteiger partial charge in [0.2, 0.25) is 5.91 Å². The van der Waals surface area contributed by atoms with E-state index in [-0.39, 0.29) is 23.2 Å². The van der Waals surface area contributed by atoms with Gasteiger partial charge in [0.25, 0.3) is 5.91 Å². The van der Waals surface area contributed by atoms with Crippen molar-refractivity contribution in [2.24, 2.45) is 0 Å². The summed E-state index contributed by atoms with van der Waals surface area (Å²) in [7, 11) is 0. The molecule has 0 spiro atoms. The molecule has 2 amide bonds. The molecule has 8 heteroatoms. The average molecular weight is 355 g/mol. The molecule has 2 rings (SSSR count). The molecular weight excluding hydrogens is 342 g/mol. The molecule has 0 bridgehead atoms. The molecule has 0 fully saturated rings. The van der Waals surface area contributed by atoms with Gasteiger partial charge in [0.1, 0.15) is 5.75 Å². The van der Waals surface area contributed by atoms with E-state index in [0.717, 1.165) is 0 Å². The topological polar surface area (TPSA) is 67.4 Å². The SMILES string of the molecule is O=C(CNC(=O)c1ccccc1)Nc1ccc(OC(F)F)c(Cl)c1. The van der Waals surface area contributed by atoms with Crippen LogP contribution in [-0.4, -0.2) is 25.0 Å². The molecule has 0 aliphatic rings.